The molecule has 3 rings (SSSR count). The summed E-state index contributed by atoms with van der Waals surface area (Å²) < 4.78 is 0. The molecular formula is C18H22N2O. The van der Waals surface area contributed by atoms with E-state index in [9.17, 15) is 4.79 Å². The highest BCUT2D eigenvalue weighted by atomic mass is 16.2. The van der Waals surface area contributed by atoms with Crippen molar-refractivity contribution in [2.24, 2.45) is 11.7 Å². The molecule has 3 heteroatoms. The average Bonchev–Trinajstić information content (AvgIpc) is 2.93. The molecule has 0 spiro atoms. The second-order valence-corrected chi connectivity index (χ2v) is 6.01. The maximum absolute atomic E-state index is 12.3. The highest BCUT2D eigenvalue weighted by molar-refractivity contribution is 6.06. The number of hydrogen-bond acceptors (Lipinski definition) is 2. The molecule has 2 atom stereocenters. The van der Waals surface area contributed by atoms with Gasteiger partial charge in [-0.2, -0.15) is 0 Å². The van der Waals surface area contributed by atoms with Crippen LogP contribution in [0.25, 0.3) is 10.8 Å². The van der Waals surface area contributed by atoms with E-state index >= 15 is 0 Å². The third-order valence-electron chi connectivity index (χ3n) is 4.69. The van der Waals surface area contributed by atoms with Gasteiger partial charge in [0, 0.05) is 11.1 Å². The topological polar surface area (TPSA) is 55.1 Å². The SMILES string of the molecule is CCC(C)C(N)C(=O)Nc1ccc2c3c(cccc13)CC2. The number of carbonyl (C=O) groups is 1. The van der Waals surface area contributed by atoms with Gasteiger partial charge in [0.15, 0.2) is 0 Å². The van der Waals surface area contributed by atoms with Crippen LogP contribution in [-0.4, -0.2) is 11.9 Å². The number of nitrogens with two attached hydrogens (primary N) is 1. The molecule has 1 aliphatic rings. The third-order valence-corrected chi connectivity index (χ3v) is 4.69. The van der Waals surface area contributed by atoms with Crippen molar-refractivity contribution < 1.29 is 4.79 Å². The minimum Gasteiger partial charge on any atom is -0.324 e. The highest BCUT2D eigenvalue weighted by Gasteiger charge is 2.21. The molecule has 1 aliphatic carbocycles. The molecule has 2 aromatic carbocycles. The molecule has 0 saturated carbocycles. The molecule has 0 aliphatic heterocycles. The zero-order valence-electron chi connectivity index (χ0n) is 12.6. The van der Waals surface area contributed by atoms with Gasteiger partial charge in [-0.25, -0.2) is 0 Å². The summed E-state index contributed by atoms with van der Waals surface area (Å²) in [7, 11) is 0. The van der Waals surface area contributed by atoms with Gasteiger partial charge >= 0.3 is 0 Å². The van der Waals surface area contributed by atoms with Crippen molar-refractivity contribution in [3.8, 4) is 0 Å². The molecule has 0 heterocycles. The number of hydrogen-bond donors (Lipinski definition) is 2. The number of rotatable bonds is 4. The third kappa shape index (κ3) is 2.42. The number of nitrogens with one attached hydrogen (secondary N) is 1. The summed E-state index contributed by atoms with van der Waals surface area (Å²) in [5.74, 6) is 0.0878. The fourth-order valence-electron chi connectivity index (χ4n) is 3.08. The Morgan fingerprint density at radius 3 is 2.67 bits per heavy atom. The van der Waals surface area contributed by atoms with Crippen LogP contribution < -0.4 is 11.1 Å². The quantitative estimate of drug-likeness (QED) is 0.904. The van der Waals surface area contributed by atoms with Gasteiger partial charge in [0.2, 0.25) is 5.91 Å². The van der Waals surface area contributed by atoms with Crippen LogP contribution in [0, 0.1) is 5.92 Å². The van der Waals surface area contributed by atoms with E-state index < -0.39 is 6.04 Å². The van der Waals surface area contributed by atoms with Gasteiger partial charge in [-0.05, 0) is 41.3 Å². The average molecular weight is 282 g/mol. The van der Waals surface area contributed by atoms with Crippen LogP contribution in [-0.2, 0) is 17.6 Å². The van der Waals surface area contributed by atoms with E-state index in [1.165, 1.54) is 16.5 Å². The summed E-state index contributed by atoms with van der Waals surface area (Å²) in [5.41, 5.74) is 9.66. The standard InChI is InChI=1S/C18H22N2O/c1-3-11(2)17(19)18(21)20-15-10-9-13-8-7-12-5-4-6-14(15)16(12)13/h4-6,9-11,17H,3,7-8,19H2,1-2H3,(H,20,21). The Kier molecular flexibility index (Phi) is 3.68. The maximum Gasteiger partial charge on any atom is 0.241 e. The van der Waals surface area contributed by atoms with Crippen molar-refractivity contribution in [2.45, 2.75) is 39.2 Å². The lowest BCUT2D eigenvalue weighted by molar-refractivity contribution is -0.118. The Bertz CT molecular complexity index is 683. The number of carbonyl (C=O) groups excluding carboxylic acids is 1. The van der Waals surface area contributed by atoms with Crippen LogP contribution in [0.1, 0.15) is 31.4 Å². The lowest BCUT2D eigenvalue weighted by atomic mass is 9.98. The predicted molar refractivity (Wildman–Crippen MR) is 87.4 cm³/mol. The number of amides is 1. The van der Waals surface area contributed by atoms with Gasteiger partial charge in [-0.1, -0.05) is 44.5 Å². The first-order chi connectivity index (χ1) is 10.1. The van der Waals surface area contributed by atoms with Crippen molar-refractivity contribution in [1.29, 1.82) is 0 Å². The van der Waals surface area contributed by atoms with Crippen molar-refractivity contribution in [1.82, 2.24) is 0 Å². The van der Waals surface area contributed by atoms with Crippen LogP contribution in [0.4, 0.5) is 5.69 Å². The Morgan fingerprint density at radius 2 is 1.95 bits per heavy atom. The minimum absolute atomic E-state index is 0.0944. The Balaban J connectivity index is 1.94. The summed E-state index contributed by atoms with van der Waals surface area (Å²) in [4.78, 5) is 12.3. The largest absolute Gasteiger partial charge is 0.324 e. The Hall–Kier alpha value is -1.87. The molecule has 3 N–H and O–H groups in total. The van der Waals surface area contributed by atoms with E-state index in [1.54, 1.807) is 0 Å². The van der Waals surface area contributed by atoms with Gasteiger partial charge < -0.3 is 11.1 Å². The zero-order chi connectivity index (χ0) is 15.0. The maximum atomic E-state index is 12.3. The monoisotopic (exact) mass is 282 g/mol. The Labute approximate surface area is 125 Å². The molecule has 2 aromatic rings. The predicted octanol–water partition coefficient (Wildman–Crippen LogP) is 3.25. The first-order valence-corrected chi connectivity index (χ1v) is 7.71. The molecule has 0 saturated heterocycles. The van der Waals surface area contributed by atoms with E-state index in [4.69, 9.17) is 5.73 Å². The van der Waals surface area contributed by atoms with Gasteiger partial charge in [-0.3, -0.25) is 4.79 Å². The molecular weight excluding hydrogens is 260 g/mol. The van der Waals surface area contributed by atoms with Gasteiger partial charge in [0.25, 0.3) is 0 Å². The van der Waals surface area contributed by atoms with Gasteiger partial charge in [-0.15, -0.1) is 0 Å². The molecule has 0 radical (unpaired) electrons. The second-order valence-electron chi connectivity index (χ2n) is 6.01. The summed E-state index contributed by atoms with van der Waals surface area (Å²) in [6, 6.07) is 10.00. The van der Waals surface area contributed by atoms with E-state index in [0.29, 0.717) is 0 Å². The van der Waals surface area contributed by atoms with Crippen LogP contribution in [0.5, 0.6) is 0 Å². The van der Waals surface area contributed by atoms with Crippen LogP contribution in [0.15, 0.2) is 30.3 Å². The fraction of sp³-hybridized carbons (Fsp3) is 0.389. The fourth-order valence-corrected chi connectivity index (χ4v) is 3.08. The first-order valence-electron chi connectivity index (χ1n) is 7.71. The van der Waals surface area contributed by atoms with Gasteiger partial charge in [0.1, 0.15) is 0 Å². The van der Waals surface area contributed by atoms with Crippen LogP contribution in [0.2, 0.25) is 0 Å². The number of benzene rings is 2. The molecule has 0 aromatic heterocycles. The summed E-state index contributed by atoms with van der Waals surface area (Å²) in [5, 5.41) is 5.46. The lowest BCUT2D eigenvalue weighted by Crippen LogP contribution is -2.40. The molecule has 0 fully saturated rings. The van der Waals surface area contributed by atoms with E-state index in [-0.39, 0.29) is 11.8 Å². The van der Waals surface area contributed by atoms with Crippen molar-refractivity contribution >= 4 is 22.4 Å². The number of aryl methyl sites for hydroxylation is 2. The molecule has 110 valence electrons. The van der Waals surface area contributed by atoms with E-state index in [1.807, 2.05) is 13.0 Å². The molecule has 3 nitrogen and oxygen atoms in total. The van der Waals surface area contributed by atoms with Gasteiger partial charge in [0.05, 0.1) is 6.04 Å². The number of anilines is 1. The summed E-state index contributed by atoms with van der Waals surface area (Å²) in [6.07, 6.45) is 3.09. The zero-order valence-corrected chi connectivity index (χ0v) is 12.6. The van der Waals surface area contributed by atoms with Crippen molar-refractivity contribution in [3.05, 3.63) is 41.5 Å². The minimum atomic E-state index is -0.460. The summed E-state index contributed by atoms with van der Waals surface area (Å²) >= 11 is 0. The molecule has 0 bridgehead atoms. The Morgan fingerprint density at radius 1 is 1.24 bits per heavy atom. The molecule has 2 unspecified atom stereocenters. The van der Waals surface area contributed by atoms with Crippen LogP contribution in [0.3, 0.4) is 0 Å². The molecule has 1 amide bonds. The highest BCUT2D eigenvalue weighted by Crippen LogP contribution is 2.35. The smallest absolute Gasteiger partial charge is 0.241 e. The molecule has 21 heavy (non-hydrogen) atoms. The second kappa shape index (κ2) is 5.49. The van der Waals surface area contributed by atoms with E-state index in [2.05, 4.69) is 36.5 Å². The van der Waals surface area contributed by atoms with E-state index in [0.717, 1.165) is 30.3 Å². The van der Waals surface area contributed by atoms with Crippen LogP contribution >= 0.6 is 0 Å². The van der Waals surface area contributed by atoms with Crippen molar-refractivity contribution in [3.63, 3.8) is 0 Å². The van der Waals surface area contributed by atoms with Crippen molar-refractivity contribution in [2.75, 3.05) is 5.32 Å². The summed E-state index contributed by atoms with van der Waals surface area (Å²) in [6.45, 7) is 4.06. The first kappa shape index (κ1) is 14.1. The normalized spacial score (nSPS) is 16.0. The lowest BCUT2D eigenvalue weighted by Gasteiger charge is -2.18.